The Morgan fingerprint density at radius 1 is 0.452 bits per heavy atom. The van der Waals surface area contributed by atoms with E-state index in [-0.39, 0.29) is 70.6 Å². The molecule has 2 amide bonds. The molecule has 0 spiro atoms. The van der Waals surface area contributed by atoms with Crippen LogP contribution in [-0.2, 0) is 35.8 Å². The summed E-state index contributed by atoms with van der Waals surface area (Å²) in [6.07, 6.45) is 31.0. The lowest BCUT2D eigenvalue weighted by atomic mass is 10.1. The number of amides is 2. The number of nitrogens with zero attached hydrogens (tertiary/aromatic N) is 12. The lowest BCUT2D eigenvalue weighted by Gasteiger charge is -2.39. The maximum absolute atomic E-state index is 11.2. The molecule has 4 aromatic rings. The first-order valence-electron chi connectivity index (χ1n) is 31.3. The second kappa shape index (κ2) is 45.9. The molecule has 18 nitrogen and oxygen atoms in total. The largest absolute Gasteiger partial charge is 1.00 e. The van der Waals surface area contributed by atoms with E-state index >= 15 is 0 Å². The lowest BCUT2D eigenvalue weighted by molar-refractivity contribution is -0.684. The molecule has 6 rings (SSSR count). The summed E-state index contributed by atoms with van der Waals surface area (Å²) >= 11 is 0. The standard InChI is InChI=1S/C33H54N8O2.C29H51N8.2BrH.2ClH/c1-5-7-11-19-38-23-24-39(20-12-8-6-2)32-27-30(15-16-31(32)38)36-37-33-40(21-13-9-17-34-28(3)42)25-26-41(33)22-14-10-18-35-29(4)43;1-3-5-9-17-34-21-22-35(18-10-6-4-2)28-25-26(13-14-27(28)34)32-33-29-36(19-11-7-15-30)23-24-37(29)20-12-8-16-31;;;;/h15-16,25-27H,5-14,17-24H2,1-4H3,(H-,34,35,42,43);13-14,23-25H,3-12,15-22,30-31H2,1-2H3;4*1H/q;+1;;;;/p-3. The molecule has 0 saturated carbocycles. The molecule has 0 atom stereocenters. The van der Waals surface area contributed by atoms with Gasteiger partial charge in [0, 0.05) is 89.5 Å². The molecule has 2 aromatic heterocycles. The maximum atomic E-state index is 11.2. The third kappa shape index (κ3) is 27.1. The normalized spacial score (nSPS) is 12.7. The Labute approximate surface area is 539 Å². The molecule has 2 aliphatic heterocycles. The van der Waals surface area contributed by atoms with Gasteiger partial charge in [-0.3, -0.25) is 9.59 Å². The number of hydrogen-bond acceptors (Lipinski definition) is 12. The molecule has 6 N–H and O–H groups in total. The number of imidazole rings is 2. The minimum atomic E-state index is 0. The highest BCUT2D eigenvalue weighted by atomic mass is 79.9. The van der Waals surface area contributed by atoms with E-state index in [1.165, 1.54) is 99.8 Å². The molecule has 22 heteroatoms. The number of azo groups is 2. The number of aryl methyl sites for hydroxylation is 4. The minimum absolute atomic E-state index is 0. The zero-order chi connectivity index (χ0) is 57.2. The van der Waals surface area contributed by atoms with E-state index in [1.54, 1.807) is 13.8 Å². The fourth-order valence-electron chi connectivity index (χ4n) is 10.5. The van der Waals surface area contributed by atoms with Gasteiger partial charge in [-0.2, -0.15) is 0 Å². The third-order valence-corrected chi connectivity index (χ3v) is 15.2. The molecule has 0 unspecified atom stereocenters. The number of nitrogens with two attached hydrogens (primary N) is 2. The average molecular weight is 1340 g/mol. The highest BCUT2D eigenvalue weighted by Crippen LogP contribution is 2.39. The van der Waals surface area contributed by atoms with Gasteiger partial charge in [-0.15, -0.1) is 0 Å². The maximum Gasteiger partial charge on any atom is 0.421 e. The SMILES string of the molecule is CCCCCN1CCN(CCCCC)c2cc(N=Nc3n(CCCCN)cc[n+]3CCCCN)ccc21.CCCCCN1CCN(CCCCC)c2cc(N=Nc3n(CCCCNC(C)=O)cc[n+]3CCCCNC(C)=O)ccc21.[Br-].[Br-].[Cl-].[Cl-]. The first-order valence-corrected chi connectivity index (χ1v) is 31.3. The molecule has 0 bridgehead atoms. The van der Waals surface area contributed by atoms with E-state index in [1.807, 2.05) is 0 Å². The average Bonchev–Trinajstić information content (AvgIpc) is 4.17. The lowest BCUT2D eigenvalue weighted by Crippen LogP contribution is -3.00. The van der Waals surface area contributed by atoms with Crippen LogP contribution in [-0.4, -0.2) is 99.5 Å². The fourth-order valence-corrected chi connectivity index (χ4v) is 10.5. The zero-order valence-electron chi connectivity index (χ0n) is 52.1. The van der Waals surface area contributed by atoms with E-state index < -0.39 is 0 Å². The van der Waals surface area contributed by atoms with Crippen molar-refractivity contribution in [3.8, 4) is 0 Å². The number of unbranched alkanes of at least 4 members (excludes halogenated alkanes) is 12. The van der Waals surface area contributed by atoms with Crippen molar-refractivity contribution < 1.29 is 77.5 Å². The first-order chi connectivity index (χ1) is 39.1. The van der Waals surface area contributed by atoms with Gasteiger partial charge in [0.25, 0.3) is 0 Å². The van der Waals surface area contributed by atoms with Crippen molar-refractivity contribution in [2.45, 2.75) is 196 Å². The van der Waals surface area contributed by atoms with Crippen molar-refractivity contribution in [3.05, 3.63) is 61.2 Å². The summed E-state index contributed by atoms with van der Waals surface area (Å²) in [5.41, 5.74) is 18.5. The summed E-state index contributed by atoms with van der Waals surface area (Å²) in [7, 11) is 0. The third-order valence-electron chi connectivity index (χ3n) is 15.2. The van der Waals surface area contributed by atoms with Crippen LogP contribution < -0.4 is 110 Å². The zero-order valence-corrected chi connectivity index (χ0v) is 56.8. The van der Waals surface area contributed by atoms with E-state index in [4.69, 9.17) is 31.9 Å². The Kier molecular flexibility index (Phi) is 42.4. The summed E-state index contributed by atoms with van der Waals surface area (Å²) in [5, 5.41) is 24.9. The van der Waals surface area contributed by atoms with Crippen LogP contribution in [0.4, 0.5) is 46.0 Å². The summed E-state index contributed by atoms with van der Waals surface area (Å²) < 4.78 is 8.70. The Hall–Kier alpha value is -4.34. The molecular formula is C62H106Br2Cl2N16O2-2. The molecule has 0 radical (unpaired) electrons. The highest BCUT2D eigenvalue weighted by molar-refractivity contribution is 5.78. The van der Waals surface area contributed by atoms with Crippen LogP contribution >= 0.6 is 0 Å². The van der Waals surface area contributed by atoms with Crippen molar-refractivity contribution in [1.29, 1.82) is 0 Å². The highest BCUT2D eigenvalue weighted by Gasteiger charge is 2.26. The molecule has 0 fully saturated rings. The number of halogens is 4. The van der Waals surface area contributed by atoms with E-state index in [2.05, 4.69) is 137 Å². The number of fused-ring (bicyclic) bond motifs is 2. The van der Waals surface area contributed by atoms with Crippen LogP contribution in [0.15, 0.2) is 81.6 Å². The number of nitrogens with one attached hydrogen (secondary N) is 2. The molecule has 2 aliphatic rings. The van der Waals surface area contributed by atoms with Gasteiger partial charge in [-0.1, -0.05) is 89.3 Å². The van der Waals surface area contributed by atoms with Crippen LogP contribution in [0, 0.1) is 0 Å². The van der Waals surface area contributed by atoms with Crippen molar-refractivity contribution in [2.24, 2.45) is 31.9 Å². The van der Waals surface area contributed by atoms with E-state index in [9.17, 15) is 9.59 Å². The van der Waals surface area contributed by atoms with Gasteiger partial charge >= 0.3 is 11.9 Å². The van der Waals surface area contributed by atoms with Crippen LogP contribution in [0.3, 0.4) is 0 Å². The molecule has 2 aromatic carbocycles. The Balaban J connectivity index is 0.000000809. The summed E-state index contributed by atoms with van der Waals surface area (Å²) in [4.78, 5) is 32.6. The Morgan fingerprint density at radius 2 is 0.786 bits per heavy atom. The number of aromatic nitrogens is 4. The Bertz CT molecular complexity index is 2390. The van der Waals surface area contributed by atoms with Crippen LogP contribution in [0.1, 0.15) is 170 Å². The number of benzene rings is 2. The number of carbonyl (C=O) groups excluding carboxylic acids is 2. The van der Waals surface area contributed by atoms with Crippen molar-refractivity contribution in [3.63, 3.8) is 0 Å². The summed E-state index contributed by atoms with van der Waals surface area (Å²) in [5.74, 6) is 1.72. The number of hydrogen-bond donors (Lipinski definition) is 4. The van der Waals surface area contributed by atoms with Gasteiger partial charge in [-0.25, -0.2) is 18.3 Å². The molecule has 0 saturated heterocycles. The second-order valence-electron chi connectivity index (χ2n) is 21.9. The monoisotopic (exact) mass is 1330 g/mol. The molecule has 4 heterocycles. The fraction of sp³-hybridized carbons (Fsp3) is 0.677. The van der Waals surface area contributed by atoms with Gasteiger partial charge in [0.15, 0.2) is 0 Å². The Morgan fingerprint density at radius 3 is 1.15 bits per heavy atom. The van der Waals surface area contributed by atoms with Crippen LogP contribution in [0.2, 0.25) is 0 Å². The second-order valence-corrected chi connectivity index (χ2v) is 21.9. The van der Waals surface area contributed by atoms with Crippen molar-refractivity contribution in [1.82, 2.24) is 19.8 Å². The van der Waals surface area contributed by atoms with Gasteiger partial charge in [0.05, 0.1) is 73.7 Å². The smallest absolute Gasteiger partial charge is 0.421 e. The molecular weight excluding hydrogens is 1230 g/mol. The molecule has 84 heavy (non-hydrogen) atoms. The van der Waals surface area contributed by atoms with E-state index in [0.29, 0.717) is 26.2 Å². The van der Waals surface area contributed by atoms with Gasteiger partial charge < -0.3 is 100 Å². The van der Waals surface area contributed by atoms with Crippen LogP contribution in [0.5, 0.6) is 0 Å². The minimum Gasteiger partial charge on any atom is -1.00 e. The van der Waals surface area contributed by atoms with Crippen molar-refractivity contribution >= 4 is 57.8 Å². The number of rotatable bonds is 38. The van der Waals surface area contributed by atoms with E-state index in [0.717, 1.165) is 153 Å². The predicted octanol–water partition coefficient (Wildman–Crippen LogP) is -0.278. The summed E-state index contributed by atoms with van der Waals surface area (Å²) in [6.45, 7) is 27.0. The molecule has 0 aliphatic carbocycles. The number of anilines is 4. The number of carbonyl (C=O) groups is 2. The quantitative estimate of drug-likeness (QED) is 0.0268. The predicted molar refractivity (Wildman–Crippen MR) is 330 cm³/mol. The van der Waals surface area contributed by atoms with Gasteiger partial charge in [0.2, 0.25) is 11.8 Å². The summed E-state index contributed by atoms with van der Waals surface area (Å²) in [6, 6.07) is 13.2. The van der Waals surface area contributed by atoms with Gasteiger partial charge in [0.1, 0.15) is 11.4 Å². The molecule has 476 valence electrons. The van der Waals surface area contributed by atoms with Gasteiger partial charge in [-0.05, 0) is 127 Å². The topological polar surface area (TPSA) is 190 Å². The van der Waals surface area contributed by atoms with Crippen molar-refractivity contribution in [2.75, 3.05) is 98.1 Å². The first kappa shape index (κ1) is 77.7. The van der Waals surface area contributed by atoms with Crippen LogP contribution in [0.25, 0.3) is 0 Å².